The van der Waals surface area contributed by atoms with Crippen LogP contribution in [-0.2, 0) is 5.41 Å². The highest BCUT2D eigenvalue weighted by atomic mass is 15.0. The lowest BCUT2D eigenvalue weighted by Gasteiger charge is -2.34. The quantitative estimate of drug-likeness (QED) is 0.167. The first-order chi connectivity index (χ1) is 28.3. The molecule has 0 aliphatic heterocycles. The Morgan fingerprint density at radius 3 is 1.49 bits per heavy atom. The summed E-state index contributed by atoms with van der Waals surface area (Å²) in [5, 5.41) is 4.97. The van der Waals surface area contributed by atoms with Gasteiger partial charge in [0.2, 0.25) is 0 Å². The fraction of sp³-hybridized carbons (Fsp3) is 0.0182. The SMILES string of the molecule is c1ccc(-c2ccccc2-n2c3ccccc3c3cc(-n4c5ccccc5c5cc(C6(c7ccccc7)c7ccccc7-c7ccccc76)ccc54)ccc32)cc1. The minimum absolute atomic E-state index is 0.456. The molecular weight excluding hydrogens is 689 g/mol. The molecule has 0 bridgehead atoms. The summed E-state index contributed by atoms with van der Waals surface area (Å²) < 4.78 is 4.90. The summed E-state index contributed by atoms with van der Waals surface area (Å²) in [5.74, 6) is 0. The maximum Gasteiger partial charge on any atom is 0.0713 e. The molecule has 12 rings (SSSR count). The highest BCUT2D eigenvalue weighted by Crippen LogP contribution is 2.56. The molecule has 0 saturated heterocycles. The second-order valence-electron chi connectivity index (χ2n) is 15.2. The molecule has 9 aromatic carbocycles. The van der Waals surface area contributed by atoms with Crippen LogP contribution in [0.25, 0.3) is 77.2 Å². The summed E-state index contributed by atoms with van der Waals surface area (Å²) in [6.45, 7) is 0. The first-order valence-corrected chi connectivity index (χ1v) is 19.8. The maximum atomic E-state index is 2.48. The molecule has 1 aliphatic rings. The molecule has 0 amide bonds. The van der Waals surface area contributed by atoms with Crippen LogP contribution in [0.3, 0.4) is 0 Å². The van der Waals surface area contributed by atoms with E-state index in [2.05, 4.69) is 228 Å². The van der Waals surface area contributed by atoms with E-state index >= 15 is 0 Å². The Morgan fingerprint density at radius 1 is 0.298 bits per heavy atom. The van der Waals surface area contributed by atoms with Gasteiger partial charge in [-0.25, -0.2) is 0 Å². The standard InChI is InChI=1S/C55H36N2/c1-3-17-37(18-4-1)41-21-9-14-28-50(41)57-52-30-16-11-25-45(52)47-36-40(32-34-54(47)57)56-51-29-15-10-24-44(51)46-35-39(31-33-53(46)56)55(38-19-5-2-6-20-38)48-26-12-7-22-42(48)43-23-8-13-27-49(43)55/h1-36H. The van der Waals surface area contributed by atoms with Crippen LogP contribution in [0.5, 0.6) is 0 Å². The van der Waals surface area contributed by atoms with Gasteiger partial charge in [0.1, 0.15) is 0 Å². The van der Waals surface area contributed by atoms with Crippen LogP contribution < -0.4 is 0 Å². The second kappa shape index (κ2) is 12.3. The molecule has 2 aromatic heterocycles. The van der Waals surface area contributed by atoms with Gasteiger partial charge in [0.05, 0.1) is 33.2 Å². The first-order valence-electron chi connectivity index (χ1n) is 19.8. The molecule has 0 unspecified atom stereocenters. The fourth-order valence-electron chi connectivity index (χ4n) is 10.1. The van der Waals surface area contributed by atoms with Gasteiger partial charge in [-0.05, 0) is 87.5 Å². The fourth-order valence-corrected chi connectivity index (χ4v) is 10.1. The topological polar surface area (TPSA) is 9.86 Å². The van der Waals surface area contributed by atoms with E-state index in [4.69, 9.17) is 0 Å². The largest absolute Gasteiger partial charge is 0.309 e. The Bertz CT molecular complexity index is 3300. The highest BCUT2D eigenvalue weighted by molar-refractivity contribution is 6.13. The van der Waals surface area contributed by atoms with Crippen molar-refractivity contribution in [1.82, 2.24) is 9.13 Å². The summed E-state index contributed by atoms with van der Waals surface area (Å²) in [4.78, 5) is 0. The normalized spacial score (nSPS) is 13.1. The van der Waals surface area contributed by atoms with Gasteiger partial charge in [-0.15, -0.1) is 0 Å². The highest BCUT2D eigenvalue weighted by Gasteiger charge is 2.46. The average molecular weight is 725 g/mol. The molecule has 2 heterocycles. The van der Waals surface area contributed by atoms with Crippen molar-refractivity contribution in [3.63, 3.8) is 0 Å². The van der Waals surface area contributed by atoms with Crippen molar-refractivity contribution < 1.29 is 0 Å². The molecule has 266 valence electrons. The van der Waals surface area contributed by atoms with E-state index in [9.17, 15) is 0 Å². The lowest BCUT2D eigenvalue weighted by atomic mass is 9.67. The third-order valence-corrected chi connectivity index (χ3v) is 12.4. The second-order valence-corrected chi connectivity index (χ2v) is 15.2. The van der Waals surface area contributed by atoms with Crippen molar-refractivity contribution in [2.45, 2.75) is 5.41 Å². The predicted molar refractivity (Wildman–Crippen MR) is 238 cm³/mol. The van der Waals surface area contributed by atoms with E-state index < -0.39 is 5.41 Å². The summed E-state index contributed by atoms with van der Waals surface area (Å²) in [6.07, 6.45) is 0. The van der Waals surface area contributed by atoms with Gasteiger partial charge in [-0.2, -0.15) is 0 Å². The number of fused-ring (bicyclic) bond motifs is 9. The van der Waals surface area contributed by atoms with Gasteiger partial charge in [0.25, 0.3) is 0 Å². The van der Waals surface area contributed by atoms with E-state index in [1.807, 2.05) is 0 Å². The van der Waals surface area contributed by atoms with Crippen LogP contribution in [0.1, 0.15) is 22.3 Å². The molecule has 2 heteroatoms. The summed E-state index contributed by atoms with van der Waals surface area (Å²) in [6, 6.07) is 80.5. The van der Waals surface area contributed by atoms with Crippen LogP contribution in [0.2, 0.25) is 0 Å². The zero-order valence-electron chi connectivity index (χ0n) is 31.2. The summed E-state index contributed by atoms with van der Waals surface area (Å²) in [7, 11) is 0. The number of hydrogen-bond donors (Lipinski definition) is 0. The van der Waals surface area contributed by atoms with Crippen molar-refractivity contribution in [3.8, 4) is 33.6 Å². The number of rotatable bonds is 5. The average Bonchev–Trinajstić information content (AvgIpc) is 3.91. The van der Waals surface area contributed by atoms with Crippen molar-refractivity contribution >= 4 is 43.6 Å². The molecule has 1 aliphatic carbocycles. The van der Waals surface area contributed by atoms with E-state index in [1.54, 1.807) is 0 Å². The number of nitrogens with zero attached hydrogens (tertiary/aromatic N) is 2. The van der Waals surface area contributed by atoms with Gasteiger partial charge < -0.3 is 9.13 Å². The van der Waals surface area contributed by atoms with Gasteiger partial charge >= 0.3 is 0 Å². The van der Waals surface area contributed by atoms with E-state index in [1.165, 1.54) is 93.8 Å². The van der Waals surface area contributed by atoms with Gasteiger partial charge in [0.15, 0.2) is 0 Å². The molecule has 0 spiro atoms. The molecule has 0 fully saturated rings. The zero-order chi connectivity index (χ0) is 37.5. The lowest BCUT2D eigenvalue weighted by Crippen LogP contribution is -2.28. The molecule has 0 N–H and O–H groups in total. The number of para-hydroxylation sites is 3. The Kier molecular flexibility index (Phi) is 6.88. The number of aromatic nitrogens is 2. The Hall–Kier alpha value is -7.42. The van der Waals surface area contributed by atoms with Gasteiger partial charge in [-0.1, -0.05) is 170 Å². The molecule has 11 aromatic rings. The molecule has 0 atom stereocenters. The minimum atomic E-state index is -0.456. The molecule has 57 heavy (non-hydrogen) atoms. The lowest BCUT2D eigenvalue weighted by molar-refractivity contribution is 0.770. The van der Waals surface area contributed by atoms with Crippen molar-refractivity contribution in [2.24, 2.45) is 0 Å². The number of hydrogen-bond acceptors (Lipinski definition) is 0. The monoisotopic (exact) mass is 724 g/mol. The van der Waals surface area contributed by atoms with Crippen LogP contribution >= 0.6 is 0 Å². The summed E-state index contributed by atoms with van der Waals surface area (Å²) >= 11 is 0. The predicted octanol–water partition coefficient (Wildman–Crippen LogP) is 13.9. The Morgan fingerprint density at radius 2 is 0.789 bits per heavy atom. The van der Waals surface area contributed by atoms with Crippen LogP contribution in [0.4, 0.5) is 0 Å². The minimum Gasteiger partial charge on any atom is -0.309 e. The van der Waals surface area contributed by atoms with E-state index in [0.717, 1.165) is 5.69 Å². The molecular formula is C55H36N2. The van der Waals surface area contributed by atoms with Crippen LogP contribution in [0.15, 0.2) is 218 Å². The van der Waals surface area contributed by atoms with Crippen molar-refractivity contribution in [2.75, 3.05) is 0 Å². The molecule has 0 radical (unpaired) electrons. The van der Waals surface area contributed by atoms with Gasteiger partial charge in [-0.3, -0.25) is 0 Å². The van der Waals surface area contributed by atoms with E-state index in [-0.39, 0.29) is 0 Å². The van der Waals surface area contributed by atoms with E-state index in [0.29, 0.717) is 0 Å². The van der Waals surface area contributed by atoms with Crippen LogP contribution in [0, 0.1) is 0 Å². The number of benzene rings is 9. The smallest absolute Gasteiger partial charge is 0.0713 e. The Balaban J connectivity index is 1.10. The summed E-state index contributed by atoms with van der Waals surface area (Å²) in [5.41, 5.74) is 16.9. The third-order valence-electron chi connectivity index (χ3n) is 12.4. The first kappa shape index (κ1) is 31.9. The molecule has 2 nitrogen and oxygen atoms in total. The zero-order valence-corrected chi connectivity index (χ0v) is 31.2. The Labute approximate surface area is 331 Å². The van der Waals surface area contributed by atoms with Crippen molar-refractivity contribution in [1.29, 1.82) is 0 Å². The maximum absolute atomic E-state index is 2.48. The van der Waals surface area contributed by atoms with Crippen molar-refractivity contribution in [3.05, 3.63) is 241 Å². The van der Waals surface area contributed by atoms with Crippen LogP contribution in [-0.4, -0.2) is 9.13 Å². The van der Waals surface area contributed by atoms with Gasteiger partial charge in [0, 0.05) is 32.8 Å². The molecule has 0 saturated carbocycles. The third kappa shape index (κ3) is 4.47.